The number of aromatic hydroxyl groups is 1. The third-order valence-corrected chi connectivity index (χ3v) is 3.52. The van der Waals surface area contributed by atoms with Crippen LogP contribution in [0.4, 0.5) is 0 Å². The number of amides is 1. The third kappa shape index (κ3) is 2.94. The predicted molar refractivity (Wildman–Crippen MR) is 71.1 cm³/mol. The summed E-state index contributed by atoms with van der Waals surface area (Å²) in [5.74, 6) is -0.0408. The van der Waals surface area contributed by atoms with Crippen molar-refractivity contribution in [2.24, 2.45) is 0 Å². The minimum absolute atomic E-state index is 0.0645. The molecule has 98 valence electrons. The first kappa shape index (κ1) is 13.2. The van der Waals surface area contributed by atoms with Crippen LogP contribution in [0.15, 0.2) is 18.2 Å². The van der Waals surface area contributed by atoms with E-state index in [4.69, 9.17) is 11.6 Å². The highest BCUT2D eigenvalue weighted by Crippen LogP contribution is 2.23. The van der Waals surface area contributed by atoms with E-state index in [-0.39, 0.29) is 11.7 Å². The number of phenolic OH excluding ortho intramolecular Hbond substituents is 1. The van der Waals surface area contributed by atoms with Gasteiger partial charge in [0.25, 0.3) is 5.91 Å². The number of rotatable bonds is 1. The van der Waals surface area contributed by atoms with Crippen LogP contribution in [0.5, 0.6) is 5.75 Å². The second-order valence-electron chi connectivity index (χ2n) is 4.61. The van der Waals surface area contributed by atoms with E-state index in [2.05, 4.69) is 11.9 Å². The van der Waals surface area contributed by atoms with Crippen molar-refractivity contribution in [1.82, 2.24) is 9.80 Å². The summed E-state index contributed by atoms with van der Waals surface area (Å²) in [6.07, 6.45) is 0.957. The van der Waals surface area contributed by atoms with Crippen LogP contribution >= 0.6 is 11.6 Å². The Morgan fingerprint density at radius 3 is 2.83 bits per heavy atom. The minimum Gasteiger partial charge on any atom is -0.508 e. The normalized spacial score (nSPS) is 17.6. The van der Waals surface area contributed by atoms with Gasteiger partial charge in [0.2, 0.25) is 0 Å². The molecule has 1 saturated heterocycles. The molecule has 5 heteroatoms. The van der Waals surface area contributed by atoms with Gasteiger partial charge in [-0.15, -0.1) is 0 Å². The van der Waals surface area contributed by atoms with Gasteiger partial charge >= 0.3 is 0 Å². The number of nitrogens with zero attached hydrogens (tertiary/aromatic N) is 2. The number of hydrogen-bond donors (Lipinski definition) is 1. The van der Waals surface area contributed by atoms with Crippen molar-refractivity contribution in [3.63, 3.8) is 0 Å². The van der Waals surface area contributed by atoms with E-state index >= 15 is 0 Å². The topological polar surface area (TPSA) is 43.8 Å². The molecular formula is C13H17ClN2O2. The maximum Gasteiger partial charge on any atom is 0.255 e. The second-order valence-corrected chi connectivity index (χ2v) is 5.02. The molecule has 1 amide bonds. The van der Waals surface area contributed by atoms with Gasteiger partial charge in [0, 0.05) is 19.6 Å². The van der Waals surface area contributed by atoms with Gasteiger partial charge in [-0.05, 0) is 38.2 Å². The average molecular weight is 269 g/mol. The lowest BCUT2D eigenvalue weighted by Gasteiger charge is -2.21. The summed E-state index contributed by atoms with van der Waals surface area (Å²) in [7, 11) is 2.05. The van der Waals surface area contributed by atoms with Crippen LogP contribution in [-0.2, 0) is 0 Å². The number of carbonyl (C=O) groups excluding carboxylic acids is 1. The van der Waals surface area contributed by atoms with Crippen molar-refractivity contribution >= 4 is 17.5 Å². The molecule has 1 aromatic carbocycles. The summed E-state index contributed by atoms with van der Waals surface area (Å²) in [5, 5.41) is 9.83. The molecule has 18 heavy (non-hydrogen) atoms. The molecule has 2 rings (SSSR count). The molecule has 1 aliphatic rings. The average Bonchev–Trinajstić information content (AvgIpc) is 2.56. The van der Waals surface area contributed by atoms with E-state index in [9.17, 15) is 9.90 Å². The SMILES string of the molecule is CN1CCCN(C(=O)c2cc(O)ccc2Cl)CC1. The fourth-order valence-electron chi connectivity index (χ4n) is 2.10. The summed E-state index contributed by atoms with van der Waals surface area (Å²) in [4.78, 5) is 16.3. The number of hydrogen-bond acceptors (Lipinski definition) is 3. The maximum absolute atomic E-state index is 12.3. The first-order chi connectivity index (χ1) is 8.58. The van der Waals surface area contributed by atoms with E-state index in [1.807, 2.05) is 0 Å². The molecule has 0 spiro atoms. The van der Waals surface area contributed by atoms with Crippen LogP contribution in [0.3, 0.4) is 0 Å². The van der Waals surface area contributed by atoms with Gasteiger partial charge in [-0.1, -0.05) is 11.6 Å². The van der Waals surface area contributed by atoms with Crippen LogP contribution in [0, 0.1) is 0 Å². The Balaban J connectivity index is 2.17. The van der Waals surface area contributed by atoms with Crippen molar-refractivity contribution in [3.8, 4) is 5.75 Å². The van der Waals surface area contributed by atoms with Crippen molar-refractivity contribution in [3.05, 3.63) is 28.8 Å². The van der Waals surface area contributed by atoms with Crippen LogP contribution < -0.4 is 0 Å². The maximum atomic E-state index is 12.3. The first-order valence-corrected chi connectivity index (χ1v) is 6.42. The van der Waals surface area contributed by atoms with Crippen molar-refractivity contribution in [1.29, 1.82) is 0 Å². The van der Waals surface area contributed by atoms with E-state index in [0.717, 1.165) is 26.1 Å². The number of halogens is 1. The molecule has 0 radical (unpaired) electrons. The summed E-state index contributed by atoms with van der Waals surface area (Å²) in [6.45, 7) is 3.29. The molecular weight excluding hydrogens is 252 g/mol. The van der Waals surface area contributed by atoms with Crippen molar-refractivity contribution < 1.29 is 9.90 Å². The summed E-state index contributed by atoms with van der Waals surface area (Å²) in [5.41, 5.74) is 0.376. The van der Waals surface area contributed by atoms with Gasteiger partial charge in [0.15, 0.2) is 0 Å². The largest absolute Gasteiger partial charge is 0.508 e. The standard InChI is InChI=1S/C13H17ClN2O2/c1-15-5-2-6-16(8-7-15)13(18)11-9-10(17)3-4-12(11)14/h3-4,9,17H,2,5-8H2,1H3. The number of phenols is 1. The van der Waals surface area contributed by atoms with Crippen molar-refractivity contribution in [2.75, 3.05) is 33.2 Å². The van der Waals surface area contributed by atoms with E-state index in [1.54, 1.807) is 11.0 Å². The first-order valence-electron chi connectivity index (χ1n) is 6.04. The Morgan fingerprint density at radius 2 is 2.06 bits per heavy atom. The Morgan fingerprint density at radius 1 is 1.28 bits per heavy atom. The molecule has 0 atom stereocenters. The molecule has 0 unspecified atom stereocenters. The van der Waals surface area contributed by atoms with Gasteiger partial charge in [0.1, 0.15) is 5.75 Å². The van der Waals surface area contributed by atoms with E-state index in [1.165, 1.54) is 12.1 Å². The highest BCUT2D eigenvalue weighted by molar-refractivity contribution is 6.33. The Hall–Kier alpha value is -1.26. The van der Waals surface area contributed by atoms with Crippen molar-refractivity contribution in [2.45, 2.75) is 6.42 Å². The molecule has 1 aliphatic heterocycles. The van der Waals surface area contributed by atoms with E-state index in [0.29, 0.717) is 17.1 Å². The van der Waals surface area contributed by atoms with Gasteiger partial charge in [0.05, 0.1) is 10.6 Å². The lowest BCUT2D eigenvalue weighted by atomic mass is 10.2. The molecule has 0 aromatic heterocycles. The van der Waals surface area contributed by atoms with Crippen LogP contribution in [-0.4, -0.2) is 54.0 Å². The van der Waals surface area contributed by atoms with Gasteiger partial charge < -0.3 is 14.9 Å². The van der Waals surface area contributed by atoms with E-state index < -0.39 is 0 Å². The summed E-state index contributed by atoms with van der Waals surface area (Å²) in [6, 6.07) is 4.46. The zero-order valence-corrected chi connectivity index (χ0v) is 11.2. The zero-order chi connectivity index (χ0) is 13.1. The zero-order valence-electron chi connectivity index (χ0n) is 10.4. The Kier molecular flexibility index (Phi) is 4.09. The molecule has 4 nitrogen and oxygen atoms in total. The lowest BCUT2D eigenvalue weighted by molar-refractivity contribution is 0.0762. The molecule has 1 heterocycles. The molecule has 1 aromatic rings. The highest BCUT2D eigenvalue weighted by Gasteiger charge is 2.21. The summed E-state index contributed by atoms with van der Waals surface area (Å²) < 4.78 is 0. The fraction of sp³-hybridized carbons (Fsp3) is 0.462. The second kappa shape index (κ2) is 5.59. The van der Waals surface area contributed by atoms with Gasteiger partial charge in [-0.3, -0.25) is 4.79 Å². The fourth-order valence-corrected chi connectivity index (χ4v) is 2.30. The lowest BCUT2D eigenvalue weighted by Crippen LogP contribution is -2.34. The number of likely N-dealkylation sites (N-methyl/N-ethyl adjacent to an activating group) is 1. The summed E-state index contributed by atoms with van der Waals surface area (Å²) >= 11 is 6.01. The molecule has 0 aliphatic carbocycles. The number of carbonyl (C=O) groups is 1. The van der Waals surface area contributed by atoms with Crippen LogP contribution in [0.1, 0.15) is 16.8 Å². The third-order valence-electron chi connectivity index (χ3n) is 3.19. The quantitative estimate of drug-likeness (QED) is 0.845. The minimum atomic E-state index is -0.105. The molecule has 0 saturated carbocycles. The number of benzene rings is 1. The predicted octanol–water partition coefficient (Wildman–Crippen LogP) is 1.82. The molecule has 1 N–H and O–H groups in total. The monoisotopic (exact) mass is 268 g/mol. The smallest absolute Gasteiger partial charge is 0.255 e. The van der Waals surface area contributed by atoms with Gasteiger partial charge in [-0.25, -0.2) is 0 Å². The molecule has 0 bridgehead atoms. The van der Waals surface area contributed by atoms with Gasteiger partial charge in [-0.2, -0.15) is 0 Å². The van der Waals surface area contributed by atoms with Crippen LogP contribution in [0.25, 0.3) is 0 Å². The Bertz CT molecular complexity index is 451. The Labute approximate surface area is 112 Å². The molecule has 1 fully saturated rings. The van der Waals surface area contributed by atoms with Crippen LogP contribution in [0.2, 0.25) is 5.02 Å². The highest BCUT2D eigenvalue weighted by atomic mass is 35.5.